The van der Waals surface area contributed by atoms with Crippen LogP contribution in [0.3, 0.4) is 0 Å². The molecule has 0 heterocycles. The van der Waals surface area contributed by atoms with Gasteiger partial charge in [-0.15, -0.1) is 0 Å². The number of hydrogen-bond donors (Lipinski definition) is 1. The molecule has 0 aliphatic heterocycles. The molecule has 1 N–H and O–H groups in total. The van der Waals surface area contributed by atoms with Gasteiger partial charge in [-0.05, 0) is 28.7 Å². The number of hydrogen-bond acceptors (Lipinski definition) is 2. The van der Waals surface area contributed by atoms with Crippen molar-refractivity contribution in [2.24, 2.45) is 11.8 Å². The van der Waals surface area contributed by atoms with E-state index >= 15 is 0 Å². The minimum absolute atomic E-state index is 0.409. The van der Waals surface area contributed by atoms with E-state index in [1.165, 1.54) is 5.39 Å². The van der Waals surface area contributed by atoms with Crippen LogP contribution in [-0.4, -0.2) is 23.1 Å². The summed E-state index contributed by atoms with van der Waals surface area (Å²) in [5, 5.41) is 12.7. The molecule has 2 heteroatoms. The number of phenols is 1. The fourth-order valence-corrected chi connectivity index (χ4v) is 2.95. The summed E-state index contributed by atoms with van der Waals surface area (Å²) in [7, 11) is 0. The lowest BCUT2D eigenvalue weighted by molar-refractivity contribution is 0.210. The minimum Gasteiger partial charge on any atom is -0.508 e. The molecule has 0 atom stereocenters. The van der Waals surface area contributed by atoms with Crippen molar-refractivity contribution < 1.29 is 5.11 Å². The lowest BCUT2D eigenvalue weighted by atomic mass is 10.0. The van der Waals surface area contributed by atoms with Gasteiger partial charge in [-0.2, -0.15) is 0 Å². The van der Waals surface area contributed by atoms with Crippen molar-refractivity contribution in [2.45, 2.75) is 34.2 Å². The van der Waals surface area contributed by atoms with Crippen LogP contribution in [0.15, 0.2) is 36.4 Å². The van der Waals surface area contributed by atoms with Crippen LogP contribution in [0.25, 0.3) is 10.8 Å². The Kier molecular flexibility index (Phi) is 5.24. The Hall–Kier alpha value is -1.54. The summed E-state index contributed by atoms with van der Waals surface area (Å²) in [5.74, 6) is 1.66. The first-order valence-electron chi connectivity index (χ1n) is 7.89. The molecule has 2 rings (SSSR count). The Bertz CT molecular complexity index is 579. The molecule has 0 aliphatic carbocycles. The summed E-state index contributed by atoms with van der Waals surface area (Å²) >= 11 is 0. The second-order valence-electron chi connectivity index (χ2n) is 6.77. The molecule has 0 aliphatic rings. The fourth-order valence-electron chi connectivity index (χ4n) is 2.95. The second kappa shape index (κ2) is 6.95. The summed E-state index contributed by atoms with van der Waals surface area (Å²) < 4.78 is 0. The van der Waals surface area contributed by atoms with E-state index in [-0.39, 0.29) is 0 Å². The zero-order valence-corrected chi connectivity index (χ0v) is 13.6. The highest BCUT2D eigenvalue weighted by Gasteiger charge is 2.14. The topological polar surface area (TPSA) is 23.5 Å². The largest absolute Gasteiger partial charge is 0.508 e. The van der Waals surface area contributed by atoms with Gasteiger partial charge in [0.1, 0.15) is 5.75 Å². The maximum atomic E-state index is 10.3. The van der Waals surface area contributed by atoms with Crippen LogP contribution in [0.2, 0.25) is 0 Å². The Morgan fingerprint density at radius 2 is 1.52 bits per heavy atom. The average molecular weight is 285 g/mol. The summed E-state index contributed by atoms with van der Waals surface area (Å²) in [4.78, 5) is 2.46. The summed E-state index contributed by atoms with van der Waals surface area (Å²) in [6.45, 7) is 11.9. The third-order valence-electron chi connectivity index (χ3n) is 3.64. The average Bonchev–Trinajstić information content (AvgIpc) is 2.40. The molecule has 0 unspecified atom stereocenters. The molecule has 0 bridgehead atoms. The summed E-state index contributed by atoms with van der Waals surface area (Å²) in [6, 6.07) is 12.1. The van der Waals surface area contributed by atoms with E-state index in [9.17, 15) is 5.11 Å². The van der Waals surface area contributed by atoms with Gasteiger partial charge in [0.2, 0.25) is 0 Å². The summed E-state index contributed by atoms with van der Waals surface area (Å²) in [6.07, 6.45) is 0. The van der Waals surface area contributed by atoms with Crippen LogP contribution in [-0.2, 0) is 6.54 Å². The highest BCUT2D eigenvalue weighted by molar-refractivity contribution is 5.87. The van der Waals surface area contributed by atoms with E-state index < -0.39 is 0 Å². The second-order valence-corrected chi connectivity index (χ2v) is 6.77. The zero-order valence-electron chi connectivity index (χ0n) is 13.6. The highest BCUT2D eigenvalue weighted by atomic mass is 16.3. The Morgan fingerprint density at radius 1 is 0.905 bits per heavy atom. The number of aromatic hydroxyl groups is 1. The quantitative estimate of drug-likeness (QED) is 0.834. The summed E-state index contributed by atoms with van der Waals surface area (Å²) in [5.41, 5.74) is 1.05. The molecule has 0 amide bonds. The number of fused-ring (bicyclic) bond motifs is 1. The number of benzene rings is 2. The number of phenolic OH excluding ortho intramolecular Hbond substituents is 1. The molecule has 2 nitrogen and oxygen atoms in total. The van der Waals surface area contributed by atoms with Crippen molar-refractivity contribution in [3.63, 3.8) is 0 Å². The van der Waals surface area contributed by atoms with E-state index in [1.807, 2.05) is 24.3 Å². The monoisotopic (exact) mass is 285 g/mol. The molecule has 2 aromatic rings. The van der Waals surface area contributed by atoms with Crippen LogP contribution in [0, 0.1) is 11.8 Å². The van der Waals surface area contributed by atoms with Crippen molar-refractivity contribution in [3.05, 3.63) is 42.0 Å². The maximum absolute atomic E-state index is 10.3. The molecule has 0 saturated heterocycles. The SMILES string of the molecule is CC(C)CN(Cc1c(O)ccc2ccccc12)CC(C)C. The first kappa shape index (κ1) is 15.8. The Morgan fingerprint density at radius 3 is 2.14 bits per heavy atom. The smallest absolute Gasteiger partial charge is 0.120 e. The van der Waals surface area contributed by atoms with Crippen molar-refractivity contribution >= 4 is 10.8 Å². The fraction of sp³-hybridized carbons (Fsp3) is 0.474. The first-order valence-corrected chi connectivity index (χ1v) is 7.89. The lowest BCUT2D eigenvalue weighted by Crippen LogP contribution is -2.31. The van der Waals surface area contributed by atoms with Gasteiger partial charge in [0, 0.05) is 25.2 Å². The molecule has 21 heavy (non-hydrogen) atoms. The van der Waals surface area contributed by atoms with Crippen molar-refractivity contribution in [3.8, 4) is 5.75 Å². The Labute approximate surface area is 128 Å². The normalized spacial score (nSPS) is 12.0. The molecule has 0 radical (unpaired) electrons. The lowest BCUT2D eigenvalue weighted by Gasteiger charge is -2.27. The van der Waals surface area contributed by atoms with Crippen LogP contribution < -0.4 is 0 Å². The van der Waals surface area contributed by atoms with E-state index in [0.717, 1.165) is 30.6 Å². The highest BCUT2D eigenvalue weighted by Crippen LogP contribution is 2.28. The third kappa shape index (κ3) is 4.21. The van der Waals surface area contributed by atoms with Gasteiger partial charge < -0.3 is 5.11 Å². The van der Waals surface area contributed by atoms with E-state index in [1.54, 1.807) is 0 Å². The first-order chi connectivity index (χ1) is 9.97. The van der Waals surface area contributed by atoms with Gasteiger partial charge in [0.15, 0.2) is 0 Å². The van der Waals surface area contributed by atoms with Crippen molar-refractivity contribution in [1.82, 2.24) is 4.90 Å². The van der Waals surface area contributed by atoms with Crippen molar-refractivity contribution in [1.29, 1.82) is 0 Å². The predicted octanol–water partition coefficient (Wildman–Crippen LogP) is 4.66. The van der Waals surface area contributed by atoms with Gasteiger partial charge in [-0.25, -0.2) is 0 Å². The molecule has 2 aromatic carbocycles. The molecule has 0 aromatic heterocycles. The van der Waals surface area contributed by atoms with Gasteiger partial charge in [0.05, 0.1) is 0 Å². The number of nitrogens with zero attached hydrogens (tertiary/aromatic N) is 1. The zero-order chi connectivity index (χ0) is 15.4. The van der Waals surface area contributed by atoms with Crippen LogP contribution >= 0.6 is 0 Å². The standard InChI is InChI=1S/C19H27NO/c1-14(2)11-20(12-15(3)4)13-18-17-8-6-5-7-16(17)9-10-19(18)21/h5-10,14-15,21H,11-13H2,1-4H3. The molecule has 0 saturated carbocycles. The van der Waals surface area contributed by atoms with E-state index in [0.29, 0.717) is 17.6 Å². The van der Waals surface area contributed by atoms with Gasteiger partial charge in [-0.3, -0.25) is 4.90 Å². The molecule has 114 valence electrons. The van der Waals surface area contributed by atoms with E-state index in [4.69, 9.17) is 0 Å². The Balaban J connectivity index is 2.33. The minimum atomic E-state index is 0.409. The molecule has 0 fully saturated rings. The predicted molar refractivity (Wildman–Crippen MR) is 90.6 cm³/mol. The van der Waals surface area contributed by atoms with Crippen molar-refractivity contribution in [2.75, 3.05) is 13.1 Å². The van der Waals surface area contributed by atoms with Crippen LogP contribution in [0.5, 0.6) is 5.75 Å². The van der Waals surface area contributed by atoms with Crippen LogP contribution in [0.1, 0.15) is 33.3 Å². The number of rotatable bonds is 6. The van der Waals surface area contributed by atoms with E-state index in [2.05, 4.69) is 44.7 Å². The van der Waals surface area contributed by atoms with Gasteiger partial charge >= 0.3 is 0 Å². The van der Waals surface area contributed by atoms with Gasteiger partial charge in [-0.1, -0.05) is 58.0 Å². The van der Waals surface area contributed by atoms with Gasteiger partial charge in [0.25, 0.3) is 0 Å². The third-order valence-corrected chi connectivity index (χ3v) is 3.64. The molecular weight excluding hydrogens is 258 g/mol. The molecule has 0 spiro atoms. The maximum Gasteiger partial charge on any atom is 0.120 e. The van der Waals surface area contributed by atoms with Crippen LogP contribution in [0.4, 0.5) is 0 Å². The molecular formula is C19H27NO.